The van der Waals surface area contributed by atoms with E-state index in [4.69, 9.17) is 0 Å². The highest BCUT2D eigenvalue weighted by atomic mass is 16.3. The Hall–Kier alpha value is -3.99. The summed E-state index contributed by atoms with van der Waals surface area (Å²) in [6, 6.07) is 7.12. The minimum Gasteiger partial charge on any atom is -0.394 e. The summed E-state index contributed by atoms with van der Waals surface area (Å²) >= 11 is 0. The third-order valence-electron chi connectivity index (χ3n) is 5.56. The van der Waals surface area contributed by atoms with Crippen LogP contribution in [-0.4, -0.2) is 57.6 Å². The Kier molecular flexibility index (Phi) is 5.38. The summed E-state index contributed by atoms with van der Waals surface area (Å²) in [5, 5.41) is 28.3. The maximum atomic E-state index is 12.9. The molecule has 0 saturated heterocycles. The number of rotatable bonds is 7. The lowest BCUT2D eigenvalue weighted by Gasteiger charge is -2.11. The van der Waals surface area contributed by atoms with E-state index in [1.54, 1.807) is 37.4 Å². The number of amides is 1. The van der Waals surface area contributed by atoms with Crippen LogP contribution in [0.4, 0.5) is 5.82 Å². The number of aliphatic hydroxyl groups is 1. The van der Waals surface area contributed by atoms with Gasteiger partial charge < -0.3 is 10.4 Å². The molecule has 1 fully saturated rings. The normalized spacial score (nSPS) is 14.3. The summed E-state index contributed by atoms with van der Waals surface area (Å²) < 4.78 is 3.47. The van der Waals surface area contributed by atoms with Crippen LogP contribution >= 0.6 is 0 Å². The second-order valence-electron chi connectivity index (χ2n) is 8.17. The molecule has 168 valence electrons. The molecule has 1 atom stereocenters. The van der Waals surface area contributed by atoms with Gasteiger partial charge in [0, 0.05) is 18.0 Å². The molecule has 0 radical (unpaired) electrons. The van der Waals surface area contributed by atoms with E-state index < -0.39 is 0 Å². The van der Waals surface area contributed by atoms with Gasteiger partial charge in [-0.3, -0.25) is 14.5 Å². The lowest BCUT2D eigenvalue weighted by Crippen LogP contribution is -2.16. The highest BCUT2D eigenvalue weighted by Crippen LogP contribution is 2.35. The van der Waals surface area contributed by atoms with Gasteiger partial charge in [-0.25, -0.2) is 9.67 Å². The van der Waals surface area contributed by atoms with E-state index in [0.717, 1.165) is 29.5 Å². The standard InChI is InChI=1S/C22H23N9O2/c1-13-9-23-19(8-17(13)15-10-24-30(11-15)16-6-7-16)22(33)26-20-5-3-4-18(25-20)21-27-28-29-31(21)14(2)12-32/h3-5,8-11,14,16,32H,6-7,12H2,1-2H3,(H,25,26,33). The monoisotopic (exact) mass is 445 g/mol. The van der Waals surface area contributed by atoms with Crippen molar-refractivity contribution in [2.75, 3.05) is 11.9 Å². The number of tetrazole rings is 1. The molecule has 1 aliphatic carbocycles. The molecule has 4 heterocycles. The van der Waals surface area contributed by atoms with Crippen molar-refractivity contribution in [1.82, 2.24) is 40.0 Å². The van der Waals surface area contributed by atoms with Crippen LogP contribution in [-0.2, 0) is 0 Å². The number of nitrogens with one attached hydrogen (secondary N) is 1. The first-order valence-corrected chi connectivity index (χ1v) is 10.7. The van der Waals surface area contributed by atoms with Crippen LogP contribution in [0.3, 0.4) is 0 Å². The third-order valence-corrected chi connectivity index (χ3v) is 5.56. The number of hydrogen-bond donors (Lipinski definition) is 2. The third kappa shape index (κ3) is 4.22. The number of aromatic nitrogens is 8. The summed E-state index contributed by atoms with van der Waals surface area (Å²) in [5.74, 6) is 0.365. The molecule has 2 N–H and O–H groups in total. The van der Waals surface area contributed by atoms with E-state index in [0.29, 0.717) is 23.4 Å². The fourth-order valence-corrected chi connectivity index (χ4v) is 3.52. The molecule has 0 aromatic carbocycles. The van der Waals surface area contributed by atoms with Gasteiger partial charge in [0.2, 0.25) is 5.82 Å². The molecule has 4 aromatic rings. The van der Waals surface area contributed by atoms with Crippen molar-refractivity contribution in [1.29, 1.82) is 0 Å². The average molecular weight is 445 g/mol. The highest BCUT2D eigenvalue weighted by Gasteiger charge is 2.24. The van der Waals surface area contributed by atoms with E-state index in [1.165, 1.54) is 4.68 Å². The predicted molar refractivity (Wildman–Crippen MR) is 119 cm³/mol. The Labute approximate surface area is 189 Å². The molecule has 0 bridgehead atoms. The lowest BCUT2D eigenvalue weighted by atomic mass is 10.0. The Bertz CT molecular complexity index is 1310. The van der Waals surface area contributed by atoms with Gasteiger partial charge in [-0.15, -0.1) is 5.10 Å². The van der Waals surface area contributed by atoms with E-state index in [-0.39, 0.29) is 24.2 Å². The topological polar surface area (TPSA) is 137 Å². The highest BCUT2D eigenvalue weighted by molar-refractivity contribution is 6.03. The van der Waals surface area contributed by atoms with Crippen molar-refractivity contribution >= 4 is 11.7 Å². The lowest BCUT2D eigenvalue weighted by molar-refractivity contribution is 0.102. The Morgan fingerprint density at radius 3 is 2.94 bits per heavy atom. The Morgan fingerprint density at radius 1 is 1.30 bits per heavy atom. The number of pyridine rings is 2. The number of carbonyl (C=O) groups excluding carboxylic acids is 1. The van der Waals surface area contributed by atoms with Crippen LogP contribution < -0.4 is 5.32 Å². The number of anilines is 1. The van der Waals surface area contributed by atoms with E-state index in [2.05, 4.69) is 35.9 Å². The summed E-state index contributed by atoms with van der Waals surface area (Å²) in [5.41, 5.74) is 3.59. The first-order valence-electron chi connectivity index (χ1n) is 10.7. The second-order valence-corrected chi connectivity index (χ2v) is 8.17. The van der Waals surface area contributed by atoms with Gasteiger partial charge in [0.25, 0.3) is 5.91 Å². The van der Waals surface area contributed by atoms with Crippen LogP contribution in [0.15, 0.2) is 42.9 Å². The number of carbonyl (C=O) groups is 1. The van der Waals surface area contributed by atoms with Crippen molar-refractivity contribution in [3.05, 3.63) is 54.1 Å². The number of hydrogen-bond acceptors (Lipinski definition) is 8. The van der Waals surface area contributed by atoms with Gasteiger partial charge in [-0.05, 0) is 66.4 Å². The predicted octanol–water partition coefficient (Wildman–Crippen LogP) is 2.44. The number of aryl methyl sites for hydroxylation is 1. The van der Waals surface area contributed by atoms with Gasteiger partial charge >= 0.3 is 0 Å². The van der Waals surface area contributed by atoms with Crippen LogP contribution in [0.2, 0.25) is 0 Å². The molecular formula is C22H23N9O2. The van der Waals surface area contributed by atoms with Crippen LogP contribution in [0.1, 0.15) is 47.9 Å². The summed E-state index contributed by atoms with van der Waals surface area (Å²) in [6.45, 7) is 3.64. The van der Waals surface area contributed by atoms with Crippen LogP contribution in [0.25, 0.3) is 22.6 Å². The molecule has 33 heavy (non-hydrogen) atoms. The Balaban J connectivity index is 1.38. The van der Waals surface area contributed by atoms with Gasteiger partial charge in [-0.1, -0.05) is 6.07 Å². The summed E-state index contributed by atoms with van der Waals surface area (Å²) in [7, 11) is 0. The second kappa shape index (κ2) is 8.51. The Morgan fingerprint density at radius 2 is 2.15 bits per heavy atom. The van der Waals surface area contributed by atoms with E-state index >= 15 is 0 Å². The first kappa shape index (κ1) is 20.9. The molecule has 0 spiro atoms. The average Bonchev–Trinajstić information content (AvgIpc) is 3.35. The fourth-order valence-electron chi connectivity index (χ4n) is 3.52. The maximum absolute atomic E-state index is 12.9. The van der Waals surface area contributed by atoms with Gasteiger partial charge in [0.15, 0.2) is 0 Å². The van der Waals surface area contributed by atoms with Gasteiger partial charge in [-0.2, -0.15) is 5.10 Å². The van der Waals surface area contributed by atoms with Crippen molar-refractivity contribution in [2.45, 2.75) is 38.8 Å². The van der Waals surface area contributed by atoms with E-state index in [9.17, 15) is 9.90 Å². The molecule has 5 rings (SSSR count). The van der Waals surface area contributed by atoms with Crippen molar-refractivity contribution in [2.24, 2.45) is 0 Å². The largest absolute Gasteiger partial charge is 0.394 e. The molecule has 1 aliphatic rings. The smallest absolute Gasteiger partial charge is 0.275 e. The SMILES string of the molecule is Cc1cnc(C(=O)Nc2cccc(-c3nnnn3C(C)CO)n2)cc1-c1cnn(C2CC2)c1. The van der Waals surface area contributed by atoms with Crippen molar-refractivity contribution in [3.8, 4) is 22.6 Å². The minimum absolute atomic E-state index is 0.116. The molecule has 4 aromatic heterocycles. The molecule has 1 amide bonds. The van der Waals surface area contributed by atoms with Crippen molar-refractivity contribution < 1.29 is 9.90 Å². The molecule has 11 nitrogen and oxygen atoms in total. The van der Waals surface area contributed by atoms with Gasteiger partial charge in [0.05, 0.1) is 24.9 Å². The zero-order valence-corrected chi connectivity index (χ0v) is 18.3. The number of nitrogens with zero attached hydrogens (tertiary/aromatic N) is 8. The fraction of sp³-hybridized carbons (Fsp3) is 0.318. The molecule has 1 saturated carbocycles. The quantitative estimate of drug-likeness (QED) is 0.443. The number of aliphatic hydroxyl groups excluding tert-OH is 1. The zero-order valence-electron chi connectivity index (χ0n) is 18.3. The van der Waals surface area contributed by atoms with E-state index in [1.807, 2.05) is 24.0 Å². The minimum atomic E-state index is -0.376. The summed E-state index contributed by atoms with van der Waals surface area (Å²) in [6.07, 6.45) is 7.84. The first-order chi connectivity index (χ1) is 16.0. The molecule has 11 heteroatoms. The van der Waals surface area contributed by atoms with Crippen LogP contribution in [0.5, 0.6) is 0 Å². The molecule has 0 aliphatic heterocycles. The van der Waals surface area contributed by atoms with Crippen LogP contribution in [0, 0.1) is 6.92 Å². The van der Waals surface area contributed by atoms with Crippen molar-refractivity contribution in [3.63, 3.8) is 0 Å². The zero-order chi connectivity index (χ0) is 22.9. The molecular weight excluding hydrogens is 422 g/mol. The maximum Gasteiger partial charge on any atom is 0.275 e. The molecule has 1 unspecified atom stereocenters. The summed E-state index contributed by atoms with van der Waals surface area (Å²) in [4.78, 5) is 21.7. The van der Waals surface area contributed by atoms with Gasteiger partial charge in [0.1, 0.15) is 17.2 Å².